The van der Waals surface area contributed by atoms with Crippen LogP contribution in [0.1, 0.15) is 16.1 Å². The van der Waals surface area contributed by atoms with Crippen LogP contribution in [-0.4, -0.2) is 21.3 Å². The molecule has 7 heteroatoms. The fourth-order valence-electron chi connectivity index (χ4n) is 2.15. The fraction of sp³-hybridized carbons (Fsp3) is 0.0588. The van der Waals surface area contributed by atoms with Crippen LogP contribution in [0.15, 0.2) is 48.5 Å². The van der Waals surface area contributed by atoms with Crippen LogP contribution in [0.5, 0.6) is 5.75 Å². The molecule has 0 unspecified atom stereocenters. The maximum atomic E-state index is 14.3. The molecule has 0 spiro atoms. The van der Waals surface area contributed by atoms with E-state index >= 15 is 0 Å². The fourth-order valence-corrected chi connectivity index (χ4v) is 2.42. The number of aromatic nitrogens is 2. The molecule has 3 rings (SSSR count). The van der Waals surface area contributed by atoms with Crippen LogP contribution in [0, 0.1) is 5.82 Å². The Kier molecular flexibility index (Phi) is 4.48. The van der Waals surface area contributed by atoms with Gasteiger partial charge in [0.15, 0.2) is 11.6 Å². The first-order chi connectivity index (χ1) is 11.5. The Morgan fingerprint density at radius 1 is 1.25 bits per heavy atom. The number of aromatic amines is 1. The van der Waals surface area contributed by atoms with Gasteiger partial charge in [0.05, 0.1) is 10.7 Å². The summed E-state index contributed by atoms with van der Waals surface area (Å²) in [5, 5.41) is 15.2. The molecule has 0 amide bonds. The number of carbonyl (C=O) groups is 1. The minimum absolute atomic E-state index is 0.0572. The average Bonchev–Trinajstić information content (AvgIpc) is 3.05. The molecular formula is C17H12ClFN2O3. The first-order valence-corrected chi connectivity index (χ1v) is 7.37. The molecule has 1 aromatic heterocycles. The Morgan fingerprint density at radius 3 is 2.62 bits per heavy atom. The summed E-state index contributed by atoms with van der Waals surface area (Å²) in [6, 6.07) is 13.3. The molecule has 0 aliphatic carbocycles. The van der Waals surface area contributed by atoms with E-state index in [1.807, 2.05) is 30.3 Å². The standard InChI is InChI=1S/C17H12ClFN2O3/c18-12-6-11(14-8-15(17(22)23)21-20-14)7-13(19)16(12)24-9-10-4-2-1-3-5-10/h1-8H,9H2,(H,20,21)(H,22,23). The summed E-state index contributed by atoms with van der Waals surface area (Å²) in [6.45, 7) is 0.183. The van der Waals surface area contributed by atoms with E-state index in [0.29, 0.717) is 5.56 Å². The molecule has 2 N–H and O–H groups in total. The van der Waals surface area contributed by atoms with Crippen molar-refractivity contribution in [1.82, 2.24) is 10.2 Å². The lowest BCUT2D eigenvalue weighted by Gasteiger charge is -2.10. The molecule has 0 bridgehead atoms. The molecule has 0 aliphatic heterocycles. The molecule has 3 aromatic rings. The highest BCUT2D eigenvalue weighted by atomic mass is 35.5. The number of hydrogen-bond donors (Lipinski definition) is 2. The zero-order valence-corrected chi connectivity index (χ0v) is 13.0. The van der Waals surface area contributed by atoms with Gasteiger partial charge in [-0.2, -0.15) is 5.10 Å². The summed E-state index contributed by atoms with van der Waals surface area (Å²) >= 11 is 6.10. The van der Waals surface area contributed by atoms with E-state index in [1.165, 1.54) is 18.2 Å². The SMILES string of the molecule is O=C(O)c1cc(-c2cc(F)c(OCc3ccccc3)c(Cl)c2)n[nH]1. The van der Waals surface area contributed by atoms with Crippen LogP contribution in [-0.2, 0) is 6.61 Å². The van der Waals surface area contributed by atoms with Gasteiger partial charge >= 0.3 is 5.97 Å². The second-order valence-electron chi connectivity index (χ2n) is 5.02. The molecule has 0 saturated carbocycles. The van der Waals surface area contributed by atoms with Crippen molar-refractivity contribution in [2.45, 2.75) is 6.61 Å². The zero-order chi connectivity index (χ0) is 17.1. The van der Waals surface area contributed by atoms with Crippen LogP contribution in [0.25, 0.3) is 11.3 Å². The largest absolute Gasteiger partial charge is 0.484 e. The van der Waals surface area contributed by atoms with Crippen LogP contribution in [0.4, 0.5) is 4.39 Å². The predicted octanol–water partition coefficient (Wildman–Crippen LogP) is 4.15. The number of aromatic carboxylic acids is 1. The third-order valence-corrected chi connectivity index (χ3v) is 3.61. The lowest BCUT2D eigenvalue weighted by atomic mass is 10.1. The molecule has 0 fully saturated rings. The number of nitrogens with one attached hydrogen (secondary N) is 1. The van der Waals surface area contributed by atoms with Crippen LogP contribution < -0.4 is 4.74 Å². The van der Waals surface area contributed by atoms with Crippen molar-refractivity contribution >= 4 is 17.6 Å². The summed E-state index contributed by atoms with van der Waals surface area (Å²) in [7, 11) is 0. The second kappa shape index (κ2) is 6.72. The summed E-state index contributed by atoms with van der Waals surface area (Å²) in [5.41, 5.74) is 1.43. The monoisotopic (exact) mass is 346 g/mol. The van der Waals surface area contributed by atoms with Crippen molar-refractivity contribution in [3.63, 3.8) is 0 Å². The third kappa shape index (κ3) is 3.38. The van der Waals surface area contributed by atoms with E-state index in [0.717, 1.165) is 5.56 Å². The Morgan fingerprint density at radius 2 is 2.00 bits per heavy atom. The predicted molar refractivity (Wildman–Crippen MR) is 86.7 cm³/mol. The van der Waals surface area contributed by atoms with Gasteiger partial charge in [0, 0.05) is 5.56 Å². The van der Waals surface area contributed by atoms with Gasteiger partial charge in [-0.05, 0) is 23.8 Å². The molecule has 2 aromatic carbocycles. The normalized spacial score (nSPS) is 10.6. The van der Waals surface area contributed by atoms with Crippen molar-refractivity contribution in [2.24, 2.45) is 0 Å². The van der Waals surface area contributed by atoms with Crippen LogP contribution >= 0.6 is 11.6 Å². The number of benzene rings is 2. The van der Waals surface area contributed by atoms with Gasteiger partial charge in [-0.3, -0.25) is 5.10 Å². The number of nitrogens with zero attached hydrogens (tertiary/aromatic N) is 1. The van der Waals surface area contributed by atoms with Crippen LogP contribution in [0.2, 0.25) is 5.02 Å². The summed E-state index contributed by atoms with van der Waals surface area (Å²) < 4.78 is 19.8. The van der Waals surface area contributed by atoms with E-state index in [9.17, 15) is 9.18 Å². The first-order valence-electron chi connectivity index (χ1n) is 6.99. The van der Waals surface area contributed by atoms with E-state index in [-0.39, 0.29) is 28.8 Å². The van der Waals surface area contributed by atoms with E-state index in [2.05, 4.69) is 10.2 Å². The highest BCUT2D eigenvalue weighted by molar-refractivity contribution is 6.32. The molecule has 0 saturated heterocycles. The number of halogens is 2. The maximum absolute atomic E-state index is 14.3. The van der Waals surface area contributed by atoms with Gasteiger partial charge in [0.2, 0.25) is 0 Å². The van der Waals surface area contributed by atoms with E-state index in [4.69, 9.17) is 21.4 Å². The number of rotatable bonds is 5. The Bertz CT molecular complexity index is 858. The summed E-state index contributed by atoms with van der Waals surface area (Å²) in [6.07, 6.45) is 0. The lowest BCUT2D eigenvalue weighted by molar-refractivity contribution is 0.0690. The summed E-state index contributed by atoms with van der Waals surface area (Å²) in [5.74, 6) is -1.85. The highest BCUT2D eigenvalue weighted by Gasteiger charge is 2.15. The van der Waals surface area contributed by atoms with E-state index in [1.54, 1.807) is 0 Å². The van der Waals surface area contributed by atoms with Crippen molar-refractivity contribution < 1.29 is 19.0 Å². The molecular weight excluding hydrogens is 335 g/mol. The molecule has 0 atom stereocenters. The minimum Gasteiger partial charge on any atom is -0.484 e. The summed E-state index contributed by atoms with van der Waals surface area (Å²) in [4.78, 5) is 10.9. The Balaban J connectivity index is 1.84. The van der Waals surface area contributed by atoms with Gasteiger partial charge in [-0.25, -0.2) is 9.18 Å². The van der Waals surface area contributed by atoms with E-state index < -0.39 is 11.8 Å². The zero-order valence-electron chi connectivity index (χ0n) is 12.3. The molecule has 0 aliphatic rings. The number of H-pyrrole nitrogens is 1. The molecule has 24 heavy (non-hydrogen) atoms. The topological polar surface area (TPSA) is 75.2 Å². The quantitative estimate of drug-likeness (QED) is 0.727. The Labute approximate surface area is 141 Å². The van der Waals surface area contributed by atoms with Gasteiger partial charge < -0.3 is 9.84 Å². The van der Waals surface area contributed by atoms with Gasteiger partial charge in [-0.15, -0.1) is 0 Å². The van der Waals surface area contributed by atoms with Crippen molar-refractivity contribution in [2.75, 3.05) is 0 Å². The number of carboxylic acids is 1. The minimum atomic E-state index is -1.15. The smallest absolute Gasteiger partial charge is 0.353 e. The Hall–Kier alpha value is -2.86. The molecule has 122 valence electrons. The maximum Gasteiger partial charge on any atom is 0.353 e. The van der Waals surface area contributed by atoms with Crippen molar-refractivity contribution in [1.29, 1.82) is 0 Å². The van der Waals surface area contributed by atoms with Crippen LogP contribution in [0.3, 0.4) is 0 Å². The van der Waals surface area contributed by atoms with Gasteiger partial charge in [-0.1, -0.05) is 41.9 Å². The van der Waals surface area contributed by atoms with Crippen molar-refractivity contribution in [3.8, 4) is 17.0 Å². The number of hydrogen-bond acceptors (Lipinski definition) is 3. The lowest BCUT2D eigenvalue weighted by Crippen LogP contribution is -1.98. The second-order valence-corrected chi connectivity index (χ2v) is 5.42. The average molecular weight is 347 g/mol. The number of carboxylic acid groups (broad SMARTS) is 1. The molecule has 1 heterocycles. The number of ether oxygens (including phenoxy) is 1. The highest BCUT2D eigenvalue weighted by Crippen LogP contribution is 2.33. The molecule has 5 nitrogen and oxygen atoms in total. The van der Waals surface area contributed by atoms with Gasteiger partial charge in [0.25, 0.3) is 0 Å². The molecule has 0 radical (unpaired) electrons. The van der Waals surface area contributed by atoms with Gasteiger partial charge in [0.1, 0.15) is 12.3 Å². The first kappa shape index (κ1) is 16.0. The van der Waals surface area contributed by atoms with Crippen molar-refractivity contribution in [3.05, 3.63) is 70.6 Å². The third-order valence-electron chi connectivity index (χ3n) is 3.33.